The van der Waals surface area contributed by atoms with Gasteiger partial charge in [-0.3, -0.25) is 14.9 Å². The zero-order valence-electron chi connectivity index (χ0n) is 10.2. The van der Waals surface area contributed by atoms with E-state index < -0.39 is 16.9 Å². The topological polar surface area (TPSA) is 117 Å². The number of hydrogen-bond acceptors (Lipinski definition) is 6. The van der Waals surface area contributed by atoms with E-state index in [0.29, 0.717) is 19.0 Å². The first kappa shape index (κ1) is 13.1. The molecule has 3 N–H and O–H groups in total. The minimum atomic E-state index is -0.771. The third-order valence-corrected chi connectivity index (χ3v) is 2.53. The number of hydrogen-bond donors (Lipinski definition) is 2. The Balaban J connectivity index is 2.40. The summed E-state index contributed by atoms with van der Waals surface area (Å²) in [5.74, 6) is 0.133. The predicted molar refractivity (Wildman–Crippen MR) is 66.4 cm³/mol. The fourth-order valence-electron chi connectivity index (χ4n) is 1.58. The quantitative estimate of drug-likeness (QED) is 0.613. The van der Waals surface area contributed by atoms with Gasteiger partial charge in [-0.15, -0.1) is 0 Å². The molecule has 0 saturated carbocycles. The molecule has 1 atom stereocenters. The number of nitro benzene ring substituents is 1. The second-order valence-electron chi connectivity index (χ2n) is 4.05. The molecule has 0 aromatic heterocycles. The van der Waals surface area contributed by atoms with Gasteiger partial charge in [-0.2, -0.15) is 0 Å². The standard InChI is InChI=1S/C11H13N3O5/c1-6(12)11(15)13-7-4-9-10(19-3-2-18-9)5-8(7)14(16)17/h4-6H,2-3,12H2,1H3,(H,13,15)/t6-/m1/s1. The summed E-state index contributed by atoms with van der Waals surface area (Å²) in [6.45, 7) is 2.17. The van der Waals surface area contributed by atoms with Crippen molar-refractivity contribution in [1.82, 2.24) is 0 Å². The summed E-state index contributed by atoms with van der Waals surface area (Å²) in [5, 5.41) is 13.4. The molecule has 0 fully saturated rings. The van der Waals surface area contributed by atoms with Crippen LogP contribution >= 0.6 is 0 Å². The first-order valence-corrected chi connectivity index (χ1v) is 5.63. The van der Waals surface area contributed by atoms with Gasteiger partial charge in [0.25, 0.3) is 5.69 Å². The monoisotopic (exact) mass is 267 g/mol. The third kappa shape index (κ3) is 2.74. The number of nitrogens with two attached hydrogens (primary N) is 1. The Morgan fingerprint density at radius 1 is 1.42 bits per heavy atom. The largest absolute Gasteiger partial charge is 0.486 e. The van der Waals surface area contributed by atoms with E-state index in [1.165, 1.54) is 19.1 Å². The van der Waals surface area contributed by atoms with Crippen molar-refractivity contribution in [2.24, 2.45) is 5.73 Å². The van der Waals surface area contributed by atoms with E-state index in [9.17, 15) is 14.9 Å². The Morgan fingerprint density at radius 3 is 2.53 bits per heavy atom. The number of fused-ring (bicyclic) bond motifs is 1. The molecule has 0 saturated heterocycles. The Morgan fingerprint density at radius 2 is 2.00 bits per heavy atom. The molecule has 102 valence electrons. The van der Waals surface area contributed by atoms with E-state index in [2.05, 4.69) is 5.32 Å². The minimum Gasteiger partial charge on any atom is -0.486 e. The lowest BCUT2D eigenvalue weighted by atomic mass is 10.2. The lowest BCUT2D eigenvalue weighted by Gasteiger charge is -2.19. The van der Waals surface area contributed by atoms with Gasteiger partial charge in [0.1, 0.15) is 18.9 Å². The number of nitrogens with zero attached hydrogens (tertiary/aromatic N) is 1. The smallest absolute Gasteiger partial charge is 0.296 e. The molecule has 2 rings (SSSR count). The molecule has 0 bridgehead atoms. The number of anilines is 1. The molecule has 19 heavy (non-hydrogen) atoms. The molecule has 8 heteroatoms. The zero-order chi connectivity index (χ0) is 14.0. The molecule has 0 radical (unpaired) electrons. The van der Waals surface area contributed by atoms with E-state index in [-0.39, 0.29) is 17.1 Å². The second kappa shape index (κ2) is 5.11. The number of carbonyl (C=O) groups excluding carboxylic acids is 1. The second-order valence-corrected chi connectivity index (χ2v) is 4.05. The molecule has 1 aromatic carbocycles. The summed E-state index contributed by atoms with van der Waals surface area (Å²) in [7, 11) is 0. The van der Waals surface area contributed by atoms with Crippen LogP contribution in [0.4, 0.5) is 11.4 Å². The maximum atomic E-state index is 11.5. The van der Waals surface area contributed by atoms with Crippen molar-refractivity contribution in [2.45, 2.75) is 13.0 Å². The van der Waals surface area contributed by atoms with Crippen LogP contribution in [0.25, 0.3) is 0 Å². The molecular weight excluding hydrogens is 254 g/mol. The van der Waals surface area contributed by atoms with E-state index in [1.807, 2.05) is 0 Å². The van der Waals surface area contributed by atoms with Crippen molar-refractivity contribution in [2.75, 3.05) is 18.5 Å². The van der Waals surface area contributed by atoms with Crippen molar-refractivity contribution in [3.63, 3.8) is 0 Å². The summed E-state index contributed by atoms with van der Waals surface area (Å²) in [6.07, 6.45) is 0. The Hall–Kier alpha value is -2.35. The third-order valence-electron chi connectivity index (χ3n) is 2.53. The number of nitro groups is 1. The maximum Gasteiger partial charge on any atom is 0.296 e. The Bertz CT molecular complexity index is 529. The molecule has 0 aliphatic carbocycles. The highest BCUT2D eigenvalue weighted by molar-refractivity contribution is 5.96. The van der Waals surface area contributed by atoms with Crippen LogP contribution in [0.1, 0.15) is 6.92 Å². The first-order valence-electron chi connectivity index (χ1n) is 5.63. The van der Waals surface area contributed by atoms with Gasteiger partial charge in [0.15, 0.2) is 11.5 Å². The highest BCUT2D eigenvalue weighted by Gasteiger charge is 2.24. The van der Waals surface area contributed by atoms with Gasteiger partial charge in [0.05, 0.1) is 17.0 Å². The highest BCUT2D eigenvalue weighted by Crippen LogP contribution is 2.39. The van der Waals surface area contributed by atoms with Crippen LogP contribution < -0.4 is 20.5 Å². The van der Waals surface area contributed by atoms with Crippen molar-refractivity contribution >= 4 is 17.3 Å². The molecule has 1 heterocycles. The SMILES string of the molecule is C[C@@H](N)C(=O)Nc1cc2c(cc1[N+](=O)[O-])OCCO2. The normalized spacial score (nSPS) is 14.6. The number of rotatable bonds is 3. The molecule has 1 aliphatic rings. The van der Waals surface area contributed by atoms with Crippen molar-refractivity contribution < 1.29 is 19.2 Å². The first-order chi connectivity index (χ1) is 8.99. The summed E-state index contributed by atoms with van der Waals surface area (Å²) in [6, 6.07) is 1.82. The van der Waals surface area contributed by atoms with Crippen LogP contribution in [0.15, 0.2) is 12.1 Å². The van der Waals surface area contributed by atoms with Gasteiger partial charge in [0, 0.05) is 6.07 Å². The van der Waals surface area contributed by atoms with E-state index in [0.717, 1.165) is 0 Å². The van der Waals surface area contributed by atoms with Crippen LogP contribution in [0, 0.1) is 10.1 Å². The van der Waals surface area contributed by atoms with Crippen LogP contribution in [0.3, 0.4) is 0 Å². The van der Waals surface area contributed by atoms with Gasteiger partial charge in [0.2, 0.25) is 5.91 Å². The molecule has 1 aliphatic heterocycles. The van der Waals surface area contributed by atoms with Crippen molar-refractivity contribution in [3.05, 3.63) is 22.2 Å². The molecular formula is C11H13N3O5. The van der Waals surface area contributed by atoms with Gasteiger partial charge < -0.3 is 20.5 Å². The number of ether oxygens (including phenoxy) is 2. The molecule has 1 amide bonds. The summed E-state index contributed by atoms with van der Waals surface area (Å²) in [4.78, 5) is 21.9. The van der Waals surface area contributed by atoms with E-state index >= 15 is 0 Å². The van der Waals surface area contributed by atoms with E-state index in [1.54, 1.807) is 0 Å². The van der Waals surface area contributed by atoms with Crippen LogP contribution in [-0.2, 0) is 4.79 Å². The van der Waals surface area contributed by atoms with E-state index in [4.69, 9.17) is 15.2 Å². The van der Waals surface area contributed by atoms with Gasteiger partial charge in [-0.05, 0) is 6.92 Å². The predicted octanol–water partition coefficient (Wildman–Crippen LogP) is 0.652. The number of benzene rings is 1. The number of carbonyl (C=O) groups is 1. The molecule has 0 unspecified atom stereocenters. The maximum absolute atomic E-state index is 11.5. The minimum absolute atomic E-state index is 0.0385. The average Bonchev–Trinajstić information content (AvgIpc) is 2.37. The van der Waals surface area contributed by atoms with Gasteiger partial charge in [-0.25, -0.2) is 0 Å². The highest BCUT2D eigenvalue weighted by atomic mass is 16.6. The zero-order valence-corrected chi connectivity index (χ0v) is 10.2. The summed E-state index contributed by atoms with van der Waals surface area (Å²) in [5.41, 5.74) is 5.18. The number of nitrogens with one attached hydrogen (secondary N) is 1. The fraction of sp³-hybridized carbons (Fsp3) is 0.364. The van der Waals surface area contributed by atoms with Crippen molar-refractivity contribution in [3.8, 4) is 11.5 Å². The molecule has 8 nitrogen and oxygen atoms in total. The Kier molecular flexibility index (Phi) is 3.52. The summed E-state index contributed by atoms with van der Waals surface area (Å²) < 4.78 is 10.6. The Labute approximate surface area is 108 Å². The van der Waals surface area contributed by atoms with Gasteiger partial charge >= 0.3 is 0 Å². The molecule has 0 spiro atoms. The van der Waals surface area contributed by atoms with Crippen molar-refractivity contribution in [1.29, 1.82) is 0 Å². The lowest BCUT2D eigenvalue weighted by Crippen LogP contribution is -2.32. The summed E-state index contributed by atoms with van der Waals surface area (Å²) >= 11 is 0. The van der Waals surface area contributed by atoms with Crippen LogP contribution in [-0.4, -0.2) is 30.1 Å². The van der Waals surface area contributed by atoms with Gasteiger partial charge in [-0.1, -0.05) is 0 Å². The fourth-order valence-corrected chi connectivity index (χ4v) is 1.58. The van der Waals surface area contributed by atoms with Crippen LogP contribution in [0.5, 0.6) is 11.5 Å². The number of amides is 1. The molecule has 1 aromatic rings. The lowest BCUT2D eigenvalue weighted by molar-refractivity contribution is -0.384. The van der Waals surface area contributed by atoms with Crippen LogP contribution in [0.2, 0.25) is 0 Å². The average molecular weight is 267 g/mol.